The van der Waals surface area contributed by atoms with Crippen molar-refractivity contribution in [1.29, 1.82) is 0 Å². The summed E-state index contributed by atoms with van der Waals surface area (Å²) in [6, 6.07) is 0. The molecule has 0 aliphatic carbocycles. The number of hydrogen-bond acceptors (Lipinski definition) is 4. The van der Waals surface area contributed by atoms with Crippen LogP contribution in [-0.4, -0.2) is 17.7 Å². The van der Waals surface area contributed by atoms with Crippen molar-refractivity contribution in [2.45, 2.75) is 19.8 Å². The SMILES string of the molecule is CCC1=NNCC1.NN.O. The van der Waals surface area contributed by atoms with E-state index in [-0.39, 0.29) is 5.48 Å². The summed E-state index contributed by atoms with van der Waals surface area (Å²) in [7, 11) is 0. The van der Waals surface area contributed by atoms with Crippen molar-refractivity contribution in [2.24, 2.45) is 16.8 Å². The van der Waals surface area contributed by atoms with E-state index in [4.69, 9.17) is 0 Å². The Hall–Kier alpha value is -0.650. The molecule has 5 heteroatoms. The average Bonchev–Trinajstić information content (AvgIpc) is 2.43. The molecule has 0 saturated heterocycles. The van der Waals surface area contributed by atoms with Gasteiger partial charge in [0, 0.05) is 18.7 Å². The van der Waals surface area contributed by atoms with Gasteiger partial charge in [-0.2, -0.15) is 5.10 Å². The van der Waals surface area contributed by atoms with Gasteiger partial charge in [-0.1, -0.05) is 6.92 Å². The Morgan fingerprint density at radius 2 is 2.20 bits per heavy atom. The first-order valence-electron chi connectivity index (χ1n) is 3.05. The van der Waals surface area contributed by atoms with Crippen LogP contribution in [0.2, 0.25) is 0 Å². The smallest absolute Gasteiger partial charge is 0.0393 e. The van der Waals surface area contributed by atoms with Gasteiger partial charge < -0.3 is 10.9 Å². The van der Waals surface area contributed by atoms with Gasteiger partial charge in [0.2, 0.25) is 0 Å². The van der Waals surface area contributed by atoms with Gasteiger partial charge >= 0.3 is 0 Å². The molecule has 0 unspecified atom stereocenters. The minimum Gasteiger partial charge on any atom is -0.412 e. The second-order valence-electron chi connectivity index (χ2n) is 1.69. The van der Waals surface area contributed by atoms with Gasteiger partial charge in [-0.25, -0.2) is 0 Å². The summed E-state index contributed by atoms with van der Waals surface area (Å²) >= 11 is 0. The molecule has 10 heavy (non-hydrogen) atoms. The van der Waals surface area contributed by atoms with E-state index in [9.17, 15) is 0 Å². The Labute approximate surface area is 60.7 Å². The van der Waals surface area contributed by atoms with Crippen LogP contribution >= 0.6 is 0 Å². The molecule has 0 spiro atoms. The number of hydrogen-bond donors (Lipinski definition) is 3. The first-order valence-corrected chi connectivity index (χ1v) is 3.05. The maximum Gasteiger partial charge on any atom is 0.0393 e. The molecule has 0 fully saturated rings. The number of hydrazine groups is 1. The van der Waals surface area contributed by atoms with Crippen molar-refractivity contribution < 1.29 is 5.48 Å². The molecular formula is C5H16N4O. The van der Waals surface area contributed by atoms with E-state index >= 15 is 0 Å². The summed E-state index contributed by atoms with van der Waals surface area (Å²) in [4.78, 5) is 0. The largest absolute Gasteiger partial charge is 0.412 e. The standard InChI is InChI=1S/C5H10N2.H4N2.H2O/c1-2-5-3-4-6-7-5;1-2;/h6H,2-4H2,1H3;1-2H2;1H2. The lowest BCUT2D eigenvalue weighted by Gasteiger charge is -1.83. The van der Waals surface area contributed by atoms with Crippen molar-refractivity contribution in [1.82, 2.24) is 5.43 Å². The van der Waals surface area contributed by atoms with E-state index < -0.39 is 0 Å². The van der Waals surface area contributed by atoms with Crippen LogP contribution in [0.25, 0.3) is 0 Å². The lowest BCUT2D eigenvalue weighted by Crippen LogP contribution is -2.02. The highest BCUT2D eigenvalue weighted by Crippen LogP contribution is 1.95. The second-order valence-corrected chi connectivity index (χ2v) is 1.69. The lowest BCUT2D eigenvalue weighted by atomic mass is 10.2. The fourth-order valence-electron chi connectivity index (χ4n) is 0.680. The molecule has 1 rings (SSSR count). The zero-order valence-electron chi connectivity index (χ0n) is 6.22. The molecule has 1 aliphatic rings. The van der Waals surface area contributed by atoms with Gasteiger partial charge in [-0.3, -0.25) is 11.7 Å². The Kier molecular flexibility index (Phi) is 10.1. The summed E-state index contributed by atoms with van der Waals surface area (Å²) in [6.45, 7) is 3.18. The maximum atomic E-state index is 4.02. The van der Waals surface area contributed by atoms with Crippen LogP contribution in [0.15, 0.2) is 5.10 Å². The highest BCUT2D eigenvalue weighted by atomic mass is 16.0. The monoisotopic (exact) mass is 148 g/mol. The summed E-state index contributed by atoms with van der Waals surface area (Å²) < 4.78 is 0. The zero-order chi connectivity index (χ0) is 7.11. The van der Waals surface area contributed by atoms with Gasteiger partial charge in [0.15, 0.2) is 0 Å². The molecule has 7 N–H and O–H groups in total. The number of nitrogens with two attached hydrogens (primary N) is 2. The molecule has 1 heterocycles. The zero-order valence-corrected chi connectivity index (χ0v) is 6.22. The highest BCUT2D eigenvalue weighted by molar-refractivity contribution is 5.85. The van der Waals surface area contributed by atoms with Gasteiger partial charge in [-0.15, -0.1) is 0 Å². The number of hydrazone groups is 1. The molecule has 5 nitrogen and oxygen atoms in total. The molecule has 0 aromatic rings. The number of nitrogens with one attached hydrogen (secondary N) is 1. The molecule has 0 aromatic heterocycles. The average molecular weight is 148 g/mol. The summed E-state index contributed by atoms with van der Waals surface area (Å²) in [5.41, 5.74) is 4.22. The summed E-state index contributed by atoms with van der Waals surface area (Å²) in [6.07, 6.45) is 2.25. The van der Waals surface area contributed by atoms with Crippen LogP contribution in [-0.2, 0) is 0 Å². The first-order chi connectivity index (χ1) is 4.43. The van der Waals surface area contributed by atoms with Crippen LogP contribution in [0.5, 0.6) is 0 Å². The van der Waals surface area contributed by atoms with Gasteiger partial charge in [-0.05, 0) is 6.42 Å². The minimum absolute atomic E-state index is 0. The van der Waals surface area contributed by atoms with Crippen LogP contribution in [0.3, 0.4) is 0 Å². The third kappa shape index (κ3) is 4.25. The maximum absolute atomic E-state index is 4.02. The van der Waals surface area contributed by atoms with Gasteiger partial charge in [0.25, 0.3) is 0 Å². The molecule has 1 aliphatic heterocycles. The minimum atomic E-state index is 0. The quantitative estimate of drug-likeness (QED) is 0.319. The fraction of sp³-hybridized carbons (Fsp3) is 0.800. The van der Waals surface area contributed by atoms with E-state index in [0.717, 1.165) is 19.4 Å². The van der Waals surface area contributed by atoms with E-state index in [2.05, 4.69) is 29.1 Å². The predicted octanol–water partition coefficient (Wildman–Crippen LogP) is -1.26. The summed E-state index contributed by atoms with van der Waals surface area (Å²) in [5, 5.41) is 4.02. The van der Waals surface area contributed by atoms with Crippen LogP contribution in [0.4, 0.5) is 0 Å². The van der Waals surface area contributed by atoms with Crippen molar-refractivity contribution in [3.05, 3.63) is 0 Å². The van der Waals surface area contributed by atoms with Crippen LogP contribution in [0, 0.1) is 0 Å². The molecule has 0 atom stereocenters. The molecule has 0 amide bonds. The summed E-state index contributed by atoms with van der Waals surface area (Å²) in [5.74, 6) is 8.00. The molecule has 0 radical (unpaired) electrons. The lowest BCUT2D eigenvalue weighted by molar-refractivity contribution is 0.813. The topological polar surface area (TPSA) is 108 Å². The van der Waals surface area contributed by atoms with Gasteiger partial charge in [0.1, 0.15) is 0 Å². The Morgan fingerprint density at radius 1 is 1.60 bits per heavy atom. The van der Waals surface area contributed by atoms with Crippen molar-refractivity contribution in [3.63, 3.8) is 0 Å². The van der Waals surface area contributed by atoms with Crippen molar-refractivity contribution in [2.75, 3.05) is 6.54 Å². The third-order valence-corrected chi connectivity index (χ3v) is 1.17. The normalized spacial score (nSPS) is 13.7. The van der Waals surface area contributed by atoms with E-state index in [1.807, 2.05) is 0 Å². The molecule has 62 valence electrons. The second kappa shape index (κ2) is 8.35. The van der Waals surface area contributed by atoms with E-state index in [1.54, 1.807) is 0 Å². The molecule has 0 saturated carbocycles. The van der Waals surface area contributed by atoms with Crippen molar-refractivity contribution in [3.8, 4) is 0 Å². The van der Waals surface area contributed by atoms with E-state index in [0.29, 0.717) is 0 Å². The van der Waals surface area contributed by atoms with Crippen LogP contribution < -0.4 is 17.1 Å². The van der Waals surface area contributed by atoms with Crippen LogP contribution in [0.1, 0.15) is 19.8 Å². The van der Waals surface area contributed by atoms with E-state index in [1.165, 1.54) is 5.71 Å². The molecular weight excluding hydrogens is 132 g/mol. The molecule has 0 aromatic carbocycles. The Bertz CT molecular complexity index is 93.6. The van der Waals surface area contributed by atoms with Gasteiger partial charge in [0.05, 0.1) is 0 Å². The number of rotatable bonds is 1. The fourth-order valence-corrected chi connectivity index (χ4v) is 0.680. The predicted molar refractivity (Wildman–Crippen MR) is 42.3 cm³/mol. The third-order valence-electron chi connectivity index (χ3n) is 1.17. The number of nitrogens with zero attached hydrogens (tertiary/aromatic N) is 1. The first kappa shape index (κ1) is 12.1. The Morgan fingerprint density at radius 3 is 2.40 bits per heavy atom. The van der Waals surface area contributed by atoms with Crippen molar-refractivity contribution >= 4 is 5.71 Å². The Balaban J connectivity index is 0. The molecule has 0 bridgehead atoms. The highest BCUT2D eigenvalue weighted by Gasteiger charge is 2.00.